The molecule has 0 radical (unpaired) electrons. The van der Waals surface area contributed by atoms with Crippen LogP contribution < -0.4 is 14.4 Å². The lowest BCUT2D eigenvalue weighted by Crippen LogP contribution is -2.34. The van der Waals surface area contributed by atoms with Crippen LogP contribution in [0, 0.1) is 0 Å². The lowest BCUT2D eigenvalue weighted by molar-refractivity contribution is -0.120. The maximum Gasteiger partial charge on any atom is 0.282 e. The van der Waals surface area contributed by atoms with Crippen molar-refractivity contribution in [2.75, 3.05) is 25.7 Å². The van der Waals surface area contributed by atoms with E-state index in [1.807, 2.05) is 73.5 Å². The summed E-state index contributed by atoms with van der Waals surface area (Å²) in [6, 6.07) is 24.1. The Hall–Kier alpha value is -4.06. The molecule has 0 saturated carbocycles. The van der Waals surface area contributed by atoms with Crippen LogP contribution in [0.1, 0.15) is 24.5 Å². The summed E-state index contributed by atoms with van der Waals surface area (Å²) in [5.41, 5.74) is 2.96. The van der Waals surface area contributed by atoms with Crippen molar-refractivity contribution in [1.29, 1.82) is 0 Å². The van der Waals surface area contributed by atoms with Crippen molar-refractivity contribution in [2.45, 2.75) is 19.9 Å². The van der Waals surface area contributed by atoms with E-state index >= 15 is 0 Å². The molecule has 0 N–H and O–H groups in total. The first kappa shape index (κ1) is 23.1. The fourth-order valence-corrected chi connectivity index (χ4v) is 3.97. The van der Waals surface area contributed by atoms with Gasteiger partial charge in [0.1, 0.15) is 17.2 Å². The van der Waals surface area contributed by atoms with Gasteiger partial charge in [-0.1, -0.05) is 49.4 Å². The van der Waals surface area contributed by atoms with Gasteiger partial charge in [-0.05, 0) is 53.9 Å². The normalized spacial score (nSPS) is 13.4. The summed E-state index contributed by atoms with van der Waals surface area (Å²) in [6.07, 6.45) is 0.908. The number of amides is 2. The Balaban J connectivity index is 1.73. The molecule has 0 fully saturated rings. The molecule has 0 aliphatic carbocycles. The number of ether oxygens (including phenoxy) is 2. The Morgan fingerprint density at radius 3 is 2.09 bits per heavy atom. The topological polar surface area (TPSA) is 59.1 Å². The van der Waals surface area contributed by atoms with E-state index in [0.717, 1.165) is 17.7 Å². The molecule has 0 bridgehead atoms. The average molecular weight is 457 g/mol. The molecule has 3 aromatic rings. The van der Waals surface area contributed by atoms with Crippen molar-refractivity contribution in [3.05, 3.63) is 95.7 Å². The fourth-order valence-electron chi connectivity index (χ4n) is 3.97. The molecule has 4 rings (SSSR count). The van der Waals surface area contributed by atoms with Crippen LogP contribution in [0.4, 0.5) is 5.69 Å². The second-order valence-electron chi connectivity index (χ2n) is 8.08. The maximum absolute atomic E-state index is 13.7. The molecule has 3 aromatic carbocycles. The Morgan fingerprint density at radius 2 is 1.47 bits per heavy atom. The molecule has 0 atom stereocenters. The van der Waals surface area contributed by atoms with Crippen LogP contribution in [0.3, 0.4) is 0 Å². The van der Waals surface area contributed by atoms with Gasteiger partial charge in [0.25, 0.3) is 11.8 Å². The highest BCUT2D eigenvalue weighted by atomic mass is 16.5. The summed E-state index contributed by atoms with van der Waals surface area (Å²) >= 11 is 0. The summed E-state index contributed by atoms with van der Waals surface area (Å²) < 4.78 is 10.9. The van der Waals surface area contributed by atoms with Gasteiger partial charge in [0.15, 0.2) is 0 Å². The minimum atomic E-state index is -0.354. The average Bonchev–Trinajstić information content (AvgIpc) is 3.13. The predicted molar refractivity (Wildman–Crippen MR) is 133 cm³/mol. The van der Waals surface area contributed by atoms with E-state index in [1.165, 1.54) is 4.90 Å². The Labute approximate surface area is 200 Å². The maximum atomic E-state index is 13.7. The van der Waals surface area contributed by atoms with E-state index in [0.29, 0.717) is 41.4 Å². The van der Waals surface area contributed by atoms with Crippen molar-refractivity contribution in [3.63, 3.8) is 0 Å². The molecule has 0 aromatic heterocycles. The van der Waals surface area contributed by atoms with Crippen LogP contribution in [0.15, 0.2) is 84.6 Å². The molecule has 1 aliphatic rings. The molecule has 1 aliphatic heterocycles. The SMILES string of the molecule is CCCOc1ccc(C2=C(N(C)Cc3ccccc3)C(=O)N(c3ccc(OC)cc3)C2=O)cc1. The second-order valence-corrected chi connectivity index (χ2v) is 8.08. The van der Waals surface area contributed by atoms with Gasteiger partial charge in [0.2, 0.25) is 0 Å². The van der Waals surface area contributed by atoms with E-state index in [2.05, 4.69) is 0 Å². The largest absolute Gasteiger partial charge is 0.497 e. The van der Waals surface area contributed by atoms with E-state index in [-0.39, 0.29) is 11.8 Å². The van der Waals surface area contributed by atoms with Crippen LogP contribution in [0.25, 0.3) is 5.57 Å². The highest BCUT2D eigenvalue weighted by molar-refractivity contribution is 6.45. The summed E-state index contributed by atoms with van der Waals surface area (Å²) in [7, 11) is 3.41. The molecule has 0 spiro atoms. The Bertz CT molecular complexity index is 1190. The lowest BCUT2D eigenvalue weighted by Gasteiger charge is -2.21. The van der Waals surface area contributed by atoms with Crippen LogP contribution in [0.2, 0.25) is 0 Å². The van der Waals surface area contributed by atoms with Gasteiger partial charge in [-0.3, -0.25) is 9.59 Å². The van der Waals surface area contributed by atoms with Crippen molar-refractivity contribution in [3.8, 4) is 11.5 Å². The highest BCUT2D eigenvalue weighted by Gasteiger charge is 2.41. The molecule has 6 heteroatoms. The number of imide groups is 1. The zero-order chi connectivity index (χ0) is 24.1. The summed E-state index contributed by atoms with van der Waals surface area (Å²) in [5, 5.41) is 0. The lowest BCUT2D eigenvalue weighted by atomic mass is 10.0. The zero-order valence-corrected chi connectivity index (χ0v) is 19.7. The van der Waals surface area contributed by atoms with Crippen LogP contribution in [-0.4, -0.2) is 37.5 Å². The van der Waals surface area contributed by atoms with Crippen LogP contribution in [-0.2, 0) is 16.1 Å². The first-order valence-electron chi connectivity index (χ1n) is 11.3. The number of benzene rings is 3. The van der Waals surface area contributed by atoms with E-state index in [4.69, 9.17) is 9.47 Å². The third-order valence-electron chi connectivity index (χ3n) is 5.65. The van der Waals surface area contributed by atoms with Gasteiger partial charge in [-0.25, -0.2) is 4.90 Å². The zero-order valence-electron chi connectivity index (χ0n) is 19.7. The van der Waals surface area contributed by atoms with Crippen molar-refractivity contribution >= 4 is 23.1 Å². The first-order valence-corrected chi connectivity index (χ1v) is 11.3. The summed E-state index contributed by atoms with van der Waals surface area (Å²) in [4.78, 5) is 30.4. The first-order chi connectivity index (χ1) is 16.5. The molecule has 0 saturated heterocycles. The second kappa shape index (κ2) is 10.3. The van der Waals surface area contributed by atoms with E-state index in [1.54, 1.807) is 31.4 Å². The summed E-state index contributed by atoms with van der Waals surface area (Å²) in [6.45, 7) is 3.16. The number of methoxy groups -OCH3 is 1. The minimum absolute atomic E-state index is 0.352. The van der Waals surface area contributed by atoms with Crippen LogP contribution >= 0.6 is 0 Å². The fraction of sp³-hybridized carbons (Fsp3) is 0.214. The molecule has 0 unspecified atom stereocenters. The molecule has 174 valence electrons. The van der Waals surface area contributed by atoms with E-state index in [9.17, 15) is 9.59 Å². The summed E-state index contributed by atoms with van der Waals surface area (Å²) in [5.74, 6) is 0.677. The smallest absolute Gasteiger partial charge is 0.282 e. The van der Waals surface area contributed by atoms with Crippen molar-refractivity contribution in [1.82, 2.24) is 4.90 Å². The molecule has 2 amide bonds. The number of likely N-dealkylation sites (N-methyl/N-ethyl adjacent to an activating group) is 1. The highest BCUT2D eigenvalue weighted by Crippen LogP contribution is 2.36. The van der Waals surface area contributed by atoms with E-state index < -0.39 is 0 Å². The van der Waals surface area contributed by atoms with Gasteiger partial charge in [-0.2, -0.15) is 0 Å². The number of hydrogen-bond acceptors (Lipinski definition) is 5. The number of anilines is 1. The third kappa shape index (κ3) is 4.66. The van der Waals surface area contributed by atoms with Gasteiger partial charge in [0, 0.05) is 13.6 Å². The molecule has 1 heterocycles. The molecule has 6 nitrogen and oxygen atoms in total. The molecular weight excluding hydrogens is 428 g/mol. The molecular formula is C28H28N2O4. The minimum Gasteiger partial charge on any atom is -0.497 e. The van der Waals surface area contributed by atoms with Crippen molar-refractivity contribution < 1.29 is 19.1 Å². The standard InChI is InChI=1S/C28H28N2O4/c1-4-18-34-24-14-10-21(11-15-24)25-26(29(2)19-20-8-6-5-7-9-20)28(32)30(27(25)31)22-12-16-23(33-3)17-13-22/h5-17H,4,18-19H2,1-3H3. The van der Waals surface area contributed by atoms with Gasteiger partial charge in [-0.15, -0.1) is 0 Å². The third-order valence-corrected chi connectivity index (χ3v) is 5.65. The van der Waals surface area contributed by atoms with Gasteiger partial charge >= 0.3 is 0 Å². The number of hydrogen-bond donors (Lipinski definition) is 0. The Kier molecular flexibility index (Phi) is 6.97. The van der Waals surface area contributed by atoms with Crippen LogP contribution in [0.5, 0.6) is 11.5 Å². The quantitative estimate of drug-likeness (QED) is 0.429. The monoisotopic (exact) mass is 456 g/mol. The predicted octanol–water partition coefficient (Wildman–Crippen LogP) is 4.90. The van der Waals surface area contributed by atoms with Gasteiger partial charge < -0.3 is 14.4 Å². The number of rotatable bonds is 9. The number of carbonyl (C=O) groups is 2. The number of nitrogens with zero attached hydrogens (tertiary/aromatic N) is 2. The molecule has 34 heavy (non-hydrogen) atoms. The number of carbonyl (C=O) groups excluding carboxylic acids is 2. The van der Waals surface area contributed by atoms with Gasteiger partial charge in [0.05, 0.1) is 25.0 Å². The Morgan fingerprint density at radius 1 is 0.824 bits per heavy atom. The van der Waals surface area contributed by atoms with Crippen molar-refractivity contribution in [2.24, 2.45) is 0 Å².